The SMILES string of the molecule is c1ccc(-c2ccccc2N(c2ccc3c(c2)oc2ccccc23)c2ccc3c4ccccc4c4ccccc4c4ccccc4c4cc5c(cc4c3c2)sc2ccccc25)cc1. The van der Waals surface area contributed by atoms with Crippen LogP contribution in [-0.4, -0.2) is 0 Å². The minimum Gasteiger partial charge on any atom is -0.456 e. The van der Waals surface area contributed by atoms with E-state index in [1.54, 1.807) is 0 Å². The van der Waals surface area contributed by atoms with Gasteiger partial charge in [0.1, 0.15) is 11.2 Å². The number of benzene rings is 10. The number of thiophene rings is 1. The Morgan fingerprint density at radius 3 is 1.46 bits per heavy atom. The third kappa shape index (κ3) is 5.71. The van der Waals surface area contributed by atoms with E-state index in [1.165, 1.54) is 74.0 Å². The van der Waals surface area contributed by atoms with Crippen molar-refractivity contribution in [3.05, 3.63) is 224 Å². The maximum absolute atomic E-state index is 6.56. The van der Waals surface area contributed by atoms with Crippen LogP contribution in [0.1, 0.15) is 0 Å². The van der Waals surface area contributed by atoms with Gasteiger partial charge < -0.3 is 9.32 Å². The second-order valence-corrected chi connectivity index (χ2v) is 17.4. The van der Waals surface area contributed by atoms with Gasteiger partial charge in [0.05, 0.1) is 5.69 Å². The number of hydrogen-bond donors (Lipinski definition) is 0. The Morgan fingerprint density at radius 2 is 0.762 bits per heavy atom. The summed E-state index contributed by atoms with van der Waals surface area (Å²) in [4.78, 5) is 2.42. The van der Waals surface area contributed by atoms with E-state index in [1.807, 2.05) is 17.4 Å². The van der Waals surface area contributed by atoms with Gasteiger partial charge in [-0.2, -0.15) is 0 Å². The lowest BCUT2D eigenvalue weighted by Gasteiger charge is -2.28. The Hall–Kier alpha value is -7.98. The molecule has 0 unspecified atom stereocenters. The molecule has 0 aliphatic rings. The molecule has 0 aliphatic heterocycles. The third-order valence-electron chi connectivity index (χ3n) is 12.9. The largest absolute Gasteiger partial charge is 0.456 e. The minimum atomic E-state index is 0.858. The fourth-order valence-corrected chi connectivity index (χ4v) is 11.1. The maximum Gasteiger partial charge on any atom is 0.137 e. The number of fused-ring (bicyclic) bond motifs is 16. The molecule has 13 rings (SSSR count). The number of furan rings is 1. The Labute approximate surface area is 367 Å². The molecular weight excluding hydrogens is 783 g/mol. The molecule has 2 nitrogen and oxygen atoms in total. The zero-order valence-corrected chi connectivity index (χ0v) is 34.9. The van der Waals surface area contributed by atoms with Gasteiger partial charge in [0.25, 0.3) is 0 Å². The van der Waals surface area contributed by atoms with E-state index in [9.17, 15) is 0 Å². The van der Waals surface area contributed by atoms with Gasteiger partial charge in [-0.1, -0.05) is 164 Å². The molecule has 2 aromatic heterocycles. The quantitative estimate of drug-likeness (QED) is 0.176. The smallest absolute Gasteiger partial charge is 0.137 e. The molecule has 0 radical (unpaired) electrons. The molecule has 0 atom stereocenters. The summed E-state index contributed by atoms with van der Waals surface area (Å²) in [5, 5.41) is 16.9. The van der Waals surface area contributed by atoms with Crippen molar-refractivity contribution >= 4 is 124 Å². The summed E-state index contributed by atoms with van der Waals surface area (Å²) in [5.41, 5.74) is 7.20. The van der Waals surface area contributed by atoms with Crippen molar-refractivity contribution in [3.63, 3.8) is 0 Å². The molecule has 0 aliphatic carbocycles. The summed E-state index contributed by atoms with van der Waals surface area (Å²) in [5.74, 6) is 0. The molecule has 11 aromatic carbocycles. The predicted octanol–water partition coefficient (Wildman–Crippen LogP) is 18.0. The summed E-state index contributed by atoms with van der Waals surface area (Å²) >= 11 is 1.87. The molecule has 0 N–H and O–H groups in total. The summed E-state index contributed by atoms with van der Waals surface area (Å²) in [6, 6.07) is 82.2. The van der Waals surface area contributed by atoms with Crippen LogP contribution in [0.15, 0.2) is 229 Å². The molecule has 63 heavy (non-hydrogen) atoms. The lowest BCUT2D eigenvalue weighted by atomic mass is 9.93. The normalized spacial score (nSPS) is 11.8. The van der Waals surface area contributed by atoms with Gasteiger partial charge in [-0.3, -0.25) is 0 Å². The van der Waals surface area contributed by atoms with Crippen LogP contribution in [0.4, 0.5) is 17.1 Å². The highest BCUT2D eigenvalue weighted by atomic mass is 32.1. The van der Waals surface area contributed by atoms with Crippen LogP contribution in [0, 0.1) is 0 Å². The van der Waals surface area contributed by atoms with Crippen LogP contribution in [0.5, 0.6) is 0 Å². The van der Waals surface area contributed by atoms with Gasteiger partial charge in [-0.25, -0.2) is 0 Å². The molecule has 0 fully saturated rings. The van der Waals surface area contributed by atoms with E-state index in [0.717, 1.165) is 50.1 Å². The Kier molecular flexibility index (Phi) is 8.12. The van der Waals surface area contributed by atoms with Crippen molar-refractivity contribution < 1.29 is 4.42 Å². The van der Waals surface area contributed by atoms with E-state index in [4.69, 9.17) is 4.42 Å². The van der Waals surface area contributed by atoms with Crippen molar-refractivity contribution in [1.29, 1.82) is 0 Å². The fraction of sp³-hybridized carbons (Fsp3) is 0. The number of hydrogen-bond acceptors (Lipinski definition) is 3. The van der Waals surface area contributed by atoms with E-state index < -0.39 is 0 Å². The number of anilines is 3. The first-order valence-electron chi connectivity index (χ1n) is 21.5. The molecule has 0 bridgehead atoms. The van der Waals surface area contributed by atoms with Gasteiger partial charge in [0, 0.05) is 53.9 Å². The van der Waals surface area contributed by atoms with E-state index in [-0.39, 0.29) is 0 Å². The van der Waals surface area contributed by atoms with Crippen LogP contribution >= 0.6 is 11.3 Å². The molecule has 2 heterocycles. The van der Waals surface area contributed by atoms with Crippen molar-refractivity contribution in [2.24, 2.45) is 0 Å². The first-order chi connectivity index (χ1) is 31.2. The summed E-state index contributed by atoms with van der Waals surface area (Å²) < 4.78 is 9.13. The molecule has 294 valence electrons. The lowest BCUT2D eigenvalue weighted by molar-refractivity contribution is 0.669. The van der Waals surface area contributed by atoms with E-state index in [2.05, 4.69) is 223 Å². The summed E-state index contributed by atoms with van der Waals surface area (Å²) in [6.07, 6.45) is 0. The zero-order valence-electron chi connectivity index (χ0n) is 34.1. The van der Waals surface area contributed by atoms with Crippen LogP contribution in [0.2, 0.25) is 0 Å². The Bertz CT molecular complexity index is 4050. The Morgan fingerprint density at radius 1 is 0.286 bits per heavy atom. The molecule has 0 saturated heterocycles. The lowest BCUT2D eigenvalue weighted by Crippen LogP contribution is -2.11. The molecule has 13 aromatic rings. The topological polar surface area (TPSA) is 16.4 Å². The van der Waals surface area contributed by atoms with Crippen molar-refractivity contribution in [1.82, 2.24) is 0 Å². The highest BCUT2D eigenvalue weighted by molar-refractivity contribution is 7.25. The first-order valence-corrected chi connectivity index (χ1v) is 22.3. The maximum atomic E-state index is 6.56. The average Bonchev–Trinajstić information content (AvgIpc) is 3.91. The van der Waals surface area contributed by atoms with Crippen LogP contribution in [0.25, 0.3) is 107 Å². The van der Waals surface area contributed by atoms with Crippen LogP contribution in [-0.2, 0) is 0 Å². The number of nitrogens with zero attached hydrogens (tertiary/aromatic N) is 1. The second-order valence-electron chi connectivity index (χ2n) is 16.4. The molecule has 0 amide bonds. The van der Waals surface area contributed by atoms with E-state index in [0.29, 0.717) is 0 Å². The monoisotopic (exact) mass is 819 g/mol. The first kappa shape index (κ1) is 35.7. The molecule has 0 spiro atoms. The van der Waals surface area contributed by atoms with Crippen LogP contribution in [0.3, 0.4) is 0 Å². The van der Waals surface area contributed by atoms with Gasteiger partial charge in [-0.05, 0) is 114 Å². The summed E-state index contributed by atoms with van der Waals surface area (Å²) in [7, 11) is 0. The number of para-hydroxylation sites is 2. The Balaban J connectivity index is 1.22. The highest BCUT2D eigenvalue weighted by Crippen LogP contribution is 2.46. The average molecular weight is 820 g/mol. The van der Waals surface area contributed by atoms with Crippen molar-refractivity contribution in [2.75, 3.05) is 4.90 Å². The van der Waals surface area contributed by atoms with Crippen molar-refractivity contribution in [2.45, 2.75) is 0 Å². The third-order valence-corrected chi connectivity index (χ3v) is 14.0. The minimum absolute atomic E-state index is 0.858. The summed E-state index contributed by atoms with van der Waals surface area (Å²) in [6.45, 7) is 0. The van der Waals surface area contributed by atoms with Gasteiger partial charge in [-0.15, -0.1) is 11.3 Å². The van der Waals surface area contributed by atoms with Crippen molar-refractivity contribution in [3.8, 4) is 11.1 Å². The van der Waals surface area contributed by atoms with E-state index >= 15 is 0 Å². The molecule has 0 saturated carbocycles. The standard InChI is InChI=1S/C60H37NOS/c1-2-16-38(17-3-1)41-18-10-13-27-56(41)61(40-31-33-50-49-25-11-14-28-57(49)62-58(50)35-40)39-30-32-48-46-23-7-6-21-44(46)42-19-4-5-20-43(42)45-22-8-9-24-47(45)53-36-55-51-26-12-15-29-59(51)63-60(55)37-54(53)52(48)34-39/h1-37H. The number of rotatable bonds is 4. The zero-order chi connectivity index (χ0) is 41.4. The van der Waals surface area contributed by atoms with Crippen LogP contribution < -0.4 is 4.90 Å². The fourth-order valence-electron chi connectivity index (χ4n) is 10.0. The van der Waals surface area contributed by atoms with Gasteiger partial charge in [0.2, 0.25) is 0 Å². The molecular formula is C60H37NOS. The van der Waals surface area contributed by atoms with Gasteiger partial charge in [0.15, 0.2) is 0 Å². The van der Waals surface area contributed by atoms with Gasteiger partial charge >= 0.3 is 0 Å². The molecule has 3 heteroatoms. The predicted molar refractivity (Wildman–Crippen MR) is 272 cm³/mol. The second kappa shape index (κ2) is 14.3. The highest BCUT2D eigenvalue weighted by Gasteiger charge is 2.21.